The van der Waals surface area contributed by atoms with Crippen molar-refractivity contribution < 1.29 is 26.7 Å². The Morgan fingerprint density at radius 3 is 2.00 bits per heavy atom. The molecule has 0 saturated carbocycles. The summed E-state index contributed by atoms with van der Waals surface area (Å²) in [5, 5.41) is 9.31. The van der Waals surface area contributed by atoms with Crippen molar-refractivity contribution in [3.63, 3.8) is 0 Å². The topological polar surface area (TPSA) is 57.6 Å². The van der Waals surface area contributed by atoms with Gasteiger partial charge >= 0.3 is 6.18 Å². The third-order valence-corrected chi connectivity index (χ3v) is 5.48. The van der Waals surface area contributed by atoms with Gasteiger partial charge in [-0.15, -0.1) is 0 Å². The summed E-state index contributed by atoms with van der Waals surface area (Å²) in [7, 11) is -3.86. The van der Waals surface area contributed by atoms with Gasteiger partial charge in [0.15, 0.2) is 6.10 Å². The lowest BCUT2D eigenvalue weighted by Crippen LogP contribution is -2.34. The van der Waals surface area contributed by atoms with E-state index in [1.165, 1.54) is 24.3 Å². The van der Waals surface area contributed by atoms with E-state index in [-0.39, 0.29) is 28.6 Å². The van der Waals surface area contributed by atoms with Crippen LogP contribution in [0.3, 0.4) is 0 Å². The number of rotatable bonds is 6. The van der Waals surface area contributed by atoms with Crippen LogP contribution in [0.4, 0.5) is 18.9 Å². The first kappa shape index (κ1) is 20.3. The van der Waals surface area contributed by atoms with E-state index in [9.17, 15) is 26.7 Å². The lowest BCUT2D eigenvalue weighted by molar-refractivity contribution is -0.206. The van der Waals surface area contributed by atoms with Crippen molar-refractivity contribution in [2.45, 2.75) is 31.0 Å². The van der Waals surface area contributed by atoms with Gasteiger partial charge < -0.3 is 5.11 Å². The van der Waals surface area contributed by atoms with Crippen LogP contribution in [-0.4, -0.2) is 26.2 Å². The molecule has 0 fully saturated rings. The zero-order chi connectivity index (χ0) is 19.5. The van der Waals surface area contributed by atoms with Crippen LogP contribution in [0.5, 0.6) is 0 Å². The highest BCUT2D eigenvalue weighted by atomic mass is 32.2. The van der Waals surface area contributed by atoms with E-state index in [1.807, 2.05) is 13.8 Å². The summed E-state index contributed by atoms with van der Waals surface area (Å²) in [6.45, 7) is 3.85. The third-order valence-electron chi connectivity index (χ3n) is 3.67. The van der Waals surface area contributed by atoms with E-state index in [1.54, 1.807) is 18.2 Å². The van der Waals surface area contributed by atoms with Crippen molar-refractivity contribution >= 4 is 15.7 Å². The first-order valence-electron chi connectivity index (χ1n) is 7.96. The summed E-state index contributed by atoms with van der Waals surface area (Å²) in [5.41, 5.74) is -0.108. The molecule has 0 radical (unpaired) electrons. The monoisotopic (exact) mass is 387 g/mol. The molecule has 0 heterocycles. The van der Waals surface area contributed by atoms with Gasteiger partial charge in [0.2, 0.25) is 0 Å². The van der Waals surface area contributed by atoms with E-state index in [2.05, 4.69) is 0 Å². The first-order chi connectivity index (χ1) is 12.0. The Morgan fingerprint density at radius 1 is 1.00 bits per heavy atom. The molecule has 0 aliphatic heterocycles. The molecule has 0 spiro atoms. The van der Waals surface area contributed by atoms with Gasteiger partial charge in [-0.3, -0.25) is 4.31 Å². The van der Waals surface area contributed by atoms with E-state index in [0.29, 0.717) is 0 Å². The maximum absolute atomic E-state index is 12.9. The number of halogens is 3. The predicted octanol–water partition coefficient (Wildman–Crippen LogP) is 4.13. The van der Waals surface area contributed by atoms with Gasteiger partial charge in [-0.05, 0) is 35.7 Å². The normalized spacial score (nSPS) is 13.7. The molecule has 2 rings (SSSR count). The van der Waals surface area contributed by atoms with Crippen LogP contribution in [0.25, 0.3) is 0 Å². The Morgan fingerprint density at radius 2 is 1.54 bits per heavy atom. The fourth-order valence-electron chi connectivity index (χ4n) is 2.41. The molecule has 0 bridgehead atoms. The minimum atomic E-state index is -4.78. The van der Waals surface area contributed by atoms with Crippen LogP contribution in [-0.2, 0) is 10.0 Å². The standard InChI is InChI=1S/C18H20F3NO3S/c1-13(2)12-22(26(24,25)16-6-4-3-5-7-16)15-10-8-14(9-11-15)17(23)18(19,20)21/h3-11,13,17,23H,12H2,1-2H3. The van der Waals surface area contributed by atoms with Crippen molar-refractivity contribution in [1.82, 2.24) is 0 Å². The molecular formula is C18H20F3NO3S. The number of aliphatic hydroxyl groups is 1. The zero-order valence-electron chi connectivity index (χ0n) is 14.3. The molecule has 0 aliphatic rings. The highest BCUT2D eigenvalue weighted by Crippen LogP contribution is 2.34. The largest absolute Gasteiger partial charge is 0.418 e. The Balaban J connectivity index is 2.42. The fraction of sp³-hybridized carbons (Fsp3) is 0.333. The van der Waals surface area contributed by atoms with Crippen LogP contribution in [0, 0.1) is 5.92 Å². The molecule has 2 aromatic rings. The third kappa shape index (κ3) is 4.56. The minimum Gasteiger partial charge on any atom is -0.379 e. The van der Waals surface area contributed by atoms with Gasteiger partial charge in [-0.25, -0.2) is 8.42 Å². The van der Waals surface area contributed by atoms with Crippen molar-refractivity contribution in [2.75, 3.05) is 10.8 Å². The molecule has 0 amide bonds. The molecule has 1 atom stereocenters. The van der Waals surface area contributed by atoms with Crippen LogP contribution in [0.2, 0.25) is 0 Å². The maximum Gasteiger partial charge on any atom is 0.418 e. The Hall–Kier alpha value is -2.06. The molecule has 142 valence electrons. The molecule has 1 unspecified atom stereocenters. The smallest absolute Gasteiger partial charge is 0.379 e. The van der Waals surface area contributed by atoms with E-state index in [4.69, 9.17) is 0 Å². The van der Waals surface area contributed by atoms with Gasteiger partial charge in [-0.1, -0.05) is 44.2 Å². The number of hydrogen-bond acceptors (Lipinski definition) is 3. The summed E-state index contributed by atoms with van der Waals surface area (Å²) < 4.78 is 64.9. The second kappa shape index (κ2) is 7.67. The van der Waals surface area contributed by atoms with Crippen molar-refractivity contribution in [3.8, 4) is 0 Å². The zero-order valence-corrected chi connectivity index (χ0v) is 15.1. The van der Waals surface area contributed by atoms with Gasteiger partial charge in [0.1, 0.15) is 0 Å². The average molecular weight is 387 g/mol. The number of hydrogen-bond donors (Lipinski definition) is 1. The number of alkyl halides is 3. The lowest BCUT2D eigenvalue weighted by atomic mass is 10.1. The molecule has 4 nitrogen and oxygen atoms in total. The minimum absolute atomic E-state index is 0.00562. The Labute approximate surface area is 150 Å². The molecule has 8 heteroatoms. The number of nitrogens with zero attached hydrogens (tertiary/aromatic N) is 1. The Bertz CT molecular complexity index is 819. The number of aliphatic hydroxyl groups excluding tert-OH is 1. The lowest BCUT2D eigenvalue weighted by Gasteiger charge is -2.26. The summed E-state index contributed by atoms with van der Waals surface area (Å²) >= 11 is 0. The van der Waals surface area contributed by atoms with Gasteiger partial charge in [-0.2, -0.15) is 13.2 Å². The molecular weight excluding hydrogens is 367 g/mol. The second-order valence-corrected chi connectivity index (χ2v) is 8.14. The quantitative estimate of drug-likeness (QED) is 0.811. The predicted molar refractivity (Wildman–Crippen MR) is 93.3 cm³/mol. The molecule has 0 saturated heterocycles. The summed E-state index contributed by atoms with van der Waals surface area (Å²) in [6, 6.07) is 12.5. The van der Waals surface area contributed by atoms with E-state index >= 15 is 0 Å². The van der Waals surface area contributed by atoms with Crippen LogP contribution < -0.4 is 4.31 Å². The molecule has 26 heavy (non-hydrogen) atoms. The highest BCUT2D eigenvalue weighted by Gasteiger charge is 2.39. The summed E-state index contributed by atoms with van der Waals surface area (Å²) in [6.07, 6.45) is -7.39. The van der Waals surface area contributed by atoms with E-state index < -0.39 is 22.3 Å². The van der Waals surface area contributed by atoms with E-state index in [0.717, 1.165) is 16.4 Å². The van der Waals surface area contributed by atoms with Crippen molar-refractivity contribution in [3.05, 3.63) is 60.2 Å². The highest BCUT2D eigenvalue weighted by molar-refractivity contribution is 7.92. The van der Waals surface area contributed by atoms with Crippen LogP contribution in [0.15, 0.2) is 59.5 Å². The summed E-state index contributed by atoms with van der Waals surface area (Å²) in [5.74, 6) is -0.00562. The number of anilines is 1. The fourth-order valence-corrected chi connectivity index (χ4v) is 4.05. The van der Waals surface area contributed by atoms with Crippen molar-refractivity contribution in [2.24, 2.45) is 5.92 Å². The second-order valence-electron chi connectivity index (χ2n) is 6.28. The van der Waals surface area contributed by atoms with Crippen molar-refractivity contribution in [1.29, 1.82) is 0 Å². The van der Waals surface area contributed by atoms with Gasteiger partial charge in [0, 0.05) is 6.54 Å². The number of benzene rings is 2. The molecule has 2 aromatic carbocycles. The van der Waals surface area contributed by atoms with Crippen LogP contribution in [0.1, 0.15) is 25.5 Å². The average Bonchev–Trinajstić information content (AvgIpc) is 2.59. The van der Waals surface area contributed by atoms with Crippen LogP contribution >= 0.6 is 0 Å². The summed E-state index contributed by atoms with van der Waals surface area (Å²) in [4.78, 5) is 0.0973. The van der Waals surface area contributed by atoms with Gasteiger partial charge in [0.05, 0.1) is 10.6 Å². The Kier molecular flexibility index (Phi) is 5.98. The molecule has 1 N–H and O–H groups in total. The first-order valence-corrected chi connectivity index (χ1v) is 9.40. The SMILES string of the molecule is CC(C)CN(c1ccc(C(O)C(F)(F)F)cc1)S(=O)(=O)c1ccccc1. The molecule has 0 aliphatic carbocycles. The van der Waals surface area contributed by atoms with Gasteiger partial charge in [0.25, 0.3) is 10.0 Å². The number of sulfonamides is 1. The molecule has 0 aromatic heterocycles. The maximum atomic E-state index is 12.9.